The van der Waals surface area contributed by atoms with Gasteiger partial charge in [0.25, 0.3) is 5.91 Å². The molecule has 1 aliphatic carbocycles. The molecule has 2 unspecified atom stereocenters. The summed E-state index contributed by atoms with van der Waals surface area (Å²) in [5.41, 5.74) is 2.07. The smallest absolute Gasteiger partial charge is 0.331 e. The molecule has 1 aromatic carbocycles. The number of rotatable bonds is 9. The number of benzene rings is 1. The molecule has 8 heteroatoms. The lowest BCUT2D eigenvalue weighted by atomic mass is 9.73. The Kier molecular flexibility index (Phi) is 8.39. The first kappa shape index (κ1) is 27.9. The normalized spacial score (nSPS) is 20.8. The molecule has 2 atom stereocenters. The molecule has 1 N–H and O–H groups in total. The summed E-state index contributed by atoms with van der Waals surface area (Å²) >= 11 is 0. The Morgan fingerprint density at radius 2 is 1.79 bits per heavy atom. The summed E-state index contributed by atoms with van der Waals surface area (Å²) in [4.78, 5) is 37.5. The van der Waals surface area contributed by atoms with Gasteiger partial charge in [-0.1, -0.05) is 69.2 Å². The van der Waals surface area contributed by atoms with Crippen LogP contribution < -0.4 is 0 Å². The minimum atomic E-state index is -0.628. The van der Waals surface area contributed by atoms with Gasteiger partial charge in [-0.3, -0.25) is 9.89 Å². The van der Waals surface area contributed by atoms with Crippen molar-refractivity contribution in [3.63, 3.8) is 0 Å². The maximum absolute atomic E-state index is 13.8. The lowest BCUT2D eigenvalue weighted by molar-refractivity contribution is -0.0270. The minimum Gasteiger partial charge on any atom is -0.459 e. The predicted octanol–water partition coefficient (Wildman–Crippen LogP) is 6.62. The molecule has 1 fully saturated rings. The van der Waals surface area contributed by atoms with E-state index in [1.807, 2.05) is 31.2 Å². The molecule has 2 aromatic heterocycles. The zero-order chi connectivity index (χ0) is 28.3. The summed E-state index contributed by atoms with van der Waals surface area (Å²) in [6.07, 6.45) is 6.02. The average Bonchev–Trinajstić information content (AvgIpc) is 3.47. The second-order valence-electron chi connectivity index (χ2n) is 10.6. The van der Waals surface area contributed by atoms with E-state index in [0.29, 0.717) is 11.7 Å². The van der Waals surface area contributed by atoms with Crippen molar-refractivity contribution in [2.45, 2.75) is 53.1 Å². The molecule has 1 aliphatic rings. The monoisotopic (exact) mass is 527 g/mol. The van der Waals surface area contributed by atoms with Gasteiger partial charge in [-0.25, -0.2) is 19.1 Å². The molecule has 8 nitrogen and oxygen atoms in total. The molecule has 2 heterocycles. The second-order valence-corrected chi connectivity index (χ2v) is 10.6. The van der Waals surface area contributed by atoms with Gasteiger partial charge in [0.15, 0.2) is 11.5 Å². The number of hydrogen-bond acceptors (Lipinski definition) is 4. The largest absolute Gasteiger partial charge is 0.459 e. The molecule has 0 bridgehead atoms. The zero-order valence-corrected chi connectivity index (χ0v) is 23.2. The first-order valence-electron chi connectivity index (χ1n) is 13.5. The van der Waals surface area contributed by atoms with Crippen LogP contribution in [0.25, 0.3) is 21.9 Å². The third-order valence-corrected chi connectivity index (χ3v) is 7.74. The number of aryl methyl sites for hydroxylation is 1. The van der Waals surface area contributed by atoms with E-state index in [1.165, 1.54) is 9.42 Å². The van der Waals surface area contributed by atoms with Gasteiger partial charge in [-0.2, -0.15) is 0 Å². The highest BCUT2D eigenvalue weighted by molar-refractivity contribution is 6.11. The van der Waals surface area contributed by atoms with Gasteiger partial charge in [0, 0.05) is 18.7 Å². The lowest BCUT2D eigenvalue weighted by Gasteiger charge is -2.38. The Morgan fingerprint density at radius 1 is 1.18 bits per heavy atom. The summed E-state index contributed by atoms with van der Waals surface area (Å²) in [5, 5.41) is 3.16. The van der Waals surface area contributed by atoms with Crippen LogP contribution in [0.15, 0.2) is 49.6 Å². The Balaban J connectivity index is 1.84. The number of fused-ring (bicyclic) bond motifs is 1. The fraction of sp³-hybridized carbons (Fsp3) is 0.419. The van der Waals surface area contributed by atoms with Crippen molar-refractivity contribution >= 4 is 23.2 Å². The van der Waals surface area contributed by atoms with Crippen molar-refractivity contribution < 1.29 is 14.3 Å². The Morgan fingerprint density at radius 3 is 2.33 bits per heavy atom. The summed E-state index contributed by atoms with van der Waals surface area (Å²) < 4.78 is 7.56. The van der Waals surface area contributed by atoms with Gasteiger partial charge in [0.1, 0.15) is 17.4 Å². The maximum Gasteiger partial charge on any atom is 0.331 e. The molecule has 1 saturated carbocycles. The zero-order valence-electron chi connectivity index (χ0n) is 23.2. The van der Waals surface area contributed by atoms with E-state index in [0.717, 1.165) is 30.4 Å². The van der Waals surface area contributed by atoms with Crippen LogP contribution in [0.3, 0.4) is 0 Å². The van der Waals surface area contributed by atoms with Gasteiger partial charge in [0.05, 0.1) is 6.57 Å². The van der Waals surface area contributed by atoms with Gasteiger partial charge in [-0.05, 0) is 37.5 Å². The highest BCUT2D eigenvalue weighted by Gasteiger charge is 2.38. The molecule has 39 heavy (non-hydrogen) atoms. The first-order valence-corrected chi connectivity index (χ1v) is 13.5. The molecule has 1 amide bonds. The van der Waals surface area contributed by atoms with Crippen molar-refractivity contribution in [3.05, 3.63) is 77.8 Å². The number of nitrogens with one attached hydrogen (secondary N) is 1. The van der Waals surface area contributed by atoms with Crippen molar-refractivity contribution in [1.29, 1.82) is 0 Å². The van der Waals surface area contributed by atoms with Crippen LogP contribution in [-0.2, 0) is 4.74 Å². The number of ether oxygens (including phenoxy) is 1. The van der Waals surface area contributed by atoms with Gasteiger partial charge < -0.3 is 9.64 Å². The molecule has 0 aliphatic heterocycles. The highest BCUT2D eigenvalue weighted by atomic mass is 16.5. The van der Waals surface area contributed by atoms with E-state index in [4.69, 9.17) is 16.3 Å². The summed E-state index contributed by atoms with van der Waals surface area (Å²) in [7, 11) is 0. The van der Waals surface area contributed by atoms with Gasteiger partial charge in [0.2, 0.25) is 5.69 Å². The lowest BCUT2D eigenvalue weighted by Crippen LogP contribution is -2.38. The van der Waals surface area contributed by atoms with Crippen molar-refractivity contribution in [2.24, 2.45) is 17.8 Å². The van der Waals surface area contributed by atoms with Gasteiger partial charge >= 0.3 is 5.97 Å². The minimum absolute atomic E-state index is 0.0112. The molecule has 204 valence electrons. The number of carbonyl (C=O) groups is 2. The Bertz CT molecular complexity index is 1400. The van der Waals surface area contributed by atoms with E-state index in [9.17, 15) is 9.59 Å². The third kappa shape index (κ3) is 5.40. The maximum atomic E-state index is 13.8. The standard InChI is InChI=1S/C31H37N5O3/c1-8-15-35(16-9-2)30(37)26-25(32-7)24(31(38)39-27-20(5)17-22(10-3)18-21(27)6)29-33-28(34-36(26)29)23-13-11-19(4)12-14-23/h8-9,11-14,20-22,27H,1-2,10,15-18H2,3-6H3,(H,33,34). The molecule has 0 spiro atoms. The van der Waals surface area contributed by atoms with Crippen molar-refractivity contribution in [1.82, 2.24) is 19.5 Å². The highest BCUT2D eigenvalue weighted by Crippen LogP contribution is 2.39. The summed E-state index contributed by atoms with van der Waals surface area (Å²) in [6.45, 7) is 24.4. The average molecular weight is 528 g/mol. The number of H-pyrrole nitrogens is 1. The van der Waals surface area contributed by atoms with E-state index < -0.39 is 11.9 Å². The molecule has 4 rings (SSSR count). The Labute approximate surface area is 230 Å². The van der Waals surface area contributed by atoms with Crippen molar-refractivity contribution in [2.75, 3.05) is 13.1 Å². The number of hydrogen-bond donors (Lipinski definition) is 1. The Hall–Kier alpha value is -4.12. The van der Waals surface area contributed by atoms with E-state index >= 15 is 0 Å². The van der Waals surface area contributed by atoms with Crippen LogP contribution in [0.5, 0.6) is 0 Å². The topological polar surface area (TPSA) is 84.1 Å². The SMILES string of the molecule is [C-]#[N+]c1c(C(=O)OC2C(C)CC(CC)CC2C)c2nc(-c3ccc(C)cc3)[nH]n2c1C(=O)N(CC=C)CC=C. The fourth-order valence-electron chi connectivity index (χ4n) is 5.76. The van der Waals surface area contributed by atoms with Crippen LogP contribution in [-0.4, -0.2) is 50.6 Å². The second kappa shape index (κ2) is 11.7. The first-order chi connectivity index (χ1) is 18.7. The molecule has 0 saturated heterocycles. The number of esters is 1. The van der Waals surface area contributed by atoms with E-state index in [2.05, 4.69) is 43.9 Å². The summed E-state index contributed by atoms with van der Waals surface area (Å²) in [6, 6.07) is 7.76. The van der Waals surface area contributed by atoms with Crippen LogP contribution in [0, 0.1) is 31.2 Å². The van der Waals surface area contributed by atoms with Gasteiger partial charge in [-0.15, -0.1) is 13.2 Å². The molecular formula is C31H37N5O3. The van der Waals surface area contributed by atoms with Crippen LogP contribution >= 0.6 is 0 Å². The number of aromatic nitrogens is 3. The number of amides is 1. The number of carbonyl (C=O) groups excluding carboxylic acids is 2. The van der Waals surface area contributed by atoms with E-state index in [1.54, 1.807) is 12.2 Å². The summed E-state index contributed by atoms with van der Waals surface area (Å²) in [5.74, 6) is 0.413. The fourth-order valence-corrected chi connectivity index (χ4v) is 5.76. The number of nitrogens with zero attached hydrogens (tertiary/aromatic N) is 4. The number of aromatic amines is 1. The predicted molar refractivity (Wildman–Crippen MR) is 153 cm³/mol. The molecule has 3 aromatic rings. The quantitative estimate of drug-likeness (QED) is 0.193. The van der Waals surface area contributed by atoms with Crippen molar-refractivity contribution in [3.8, 4) is 11.4 Å². The van der Waals surface area contributed by atoms with Crippen LogP contribution in [0.2, 0.25) is 0 Å². The molecule has 0 radical (unpaired) electrons. The van der Waals surface area contributed by atoms with Crippen LogP contribution in [0.4, 0.5) is 5.69 Å². The van der Waals surface area contributed by atoms with Crippen LogP contribution in [0.1, 0.15) is 66.4 Å². The van der Waals surface area contributed by atoms with E-state index in [-0.39, 0.29) is 53.6 Å². The molecular weight excluding hydrogens is 490 g/mol. The third-order valence-electron chi connectivity index (χ3n) is 7.74.